The van der Waals surface area contributed by atoms with Crippen LogP contribution in [0.2, 0.25) is 0 Å². The summed E-state index contributed by atoms with van der Waals surface area (Å²) in [4.78, 5) is 0. The van der Waals surface area contributed by atoms with Crippen LogP contribution in [0.5, 0.6) is 17.2 Å². The second-order valence-electron chi connectivity index (χ2n) is 4.97. The maximum Gasteiger partial charge on any atom is 0.231 e. The van der Waals surface area contributed by atoms with Gasteiger partial charge in [0, 0.05) is 38.2 Å². The third-order valence-electron chi connectivity index (χ3n) is 3.15. The highest BCUT2D eigenvalue weighted by atomic mass is 16.7. The van der Waals surface area contributed by atoms with E-state index in [2.05, 4.69) is 5.32 Å². The molecule has 0 aliphatic carbocycles. The van der Waals surface area contributed by atoms with Gasteiger partial charge in [-0.05, 0) is 13.0 Å². The molecule has 0 saturated heterocycles. The van der Waals surface area contributed by atoms with E-state index in [-0.39, 0.29) is 12.9 Å². The third kappa shape index (κ3) is 4.77. The van der Waals surface area contributed by atoms with Gasteiger partial charge in [-0.25, -0.2) is 0 Å². The standard InChI is InChI=1S/C15H23NO5/c1-11(17)3-5-19-13-8-15-14(20-10-21-15)7-12(13)9-16-4-6-18-2/h7-8,11,16-17H,3-6,9-10H2,1-2H3. The summed E-state index contributed by atoms with van der Waals surface area (Å²) in [5.74, 6) is 2.19. The molecule has 2 rings (SSSR count). The van der Waals surface area contributed by atoms with Crippen molar-refractivity contribution in [3.63, 3.8) is 0 Å². The van der Waals surface area contributed by atoms with E-state index in [9.17, 15) is 5.11 Å². The first-order chi connectivity index (χ1) is 10.2. The van der Waals surface area contributed by atoms with Crippen LogP contribution in [0.25, 0.3) is 0 Å². The summed E-state index contributed by atoms with van der Waals surface area (Å²) in [6.07, 6.45) is 0.215. The molecule has 1 aliphatic heterocycles. The van der Waals surface area contributed by atoms with Crippen molar-refractivity contribution < 1.29 is 24.1 Å². The van der Waals surface area contributed by atoms with Gasteiger partial charge in [0.2, 0.25) is 6.79 Å². The molecule has 1 unspecified atom stereocenters. The summed E-state index contributed by atoms with van der Waals surface area (Å²) in [7, 11) is 1.67. The normalized spacial score (nSPS) is 14.2. The molecule has 0 saturated carbocycles. The number of nitrogens with one attached hydrogen (secondary N) is 1. The quantitative estimate of drug-likeness (QED) is 0.670. The van der Waals surface area contributed by atoms with E-state index >= 15 is 0 Å². The molecule has 0 spiro atoms. The predicted molar refractivity (Wildman–Crippen MR) is 77.9 cm³/mol. The Morgan fingerprint density at radius 2 is 2.05 bits per heavy atom. The first kappa shape index (κ1) is 15.9. The Labute approximate surface area is 125 Å². The highest BCUT2D eigenvalue weighted by Gasteiger charge is 2.18. The van der Waals surface area contributed by atoms with E-state index in [1.807, 2.05) is 12.1 Å². The number of methoxy groups -OCH3 is 1. The van der Waals surface area contributed by atoms with Gasteiger partial charge in [-0.2, -0.15) is 0 Å². The van der Waals surface area contributed by atoms with Crippen LogP contribution >= 0.6 is 0 Å². The Bertz CT molecular complexity index is 450. The fourth-order valence-electron chi connectivity index (χ4n) is 1.97. The van der Waals surface area contributed by atoms with Crippen molar-refractivity contribution in [3.8, 4) is 17.2 Å². The SMILES string of the molecule is COCCNCc1cc2c(cc1OCCC(C)O)OCO2. The van der Waals surface area contributed by atoms with Crippen LogP contribution in [0.4, 0.5) is 0 Å². The first-order valence-electron chi connectivity index (χ1n) is 7.13. The smallest absolute Gasteiger partial charge is 0.231 e. The van der Waals surface area contributed by atoms with E-state index in [0.29, 0.717) is 31.9 Å². The lowest BCUT2D eigenvalue weighted by Crippen LogP contribution is -2.19. The minimum Gasteiger partial charge on any atom is -0.493 e. The number of hydrogen-bond acceptors (Lipinski definition) is 6. The van der Waals surface area contributed by atoms with Gasteiger partial charge in [0.25, 0.3) is 0 Å². The summed E-state index contributed by atoms with van der Waals surface area (Å²) < 4.78 is 21.5. The number of aliphatic hydroxyl groups excluding tert-OH is 1. The molecule has 1 aromatic carbocycles. The average molecular weight is 297 g/mol. The van der Waals surface area contributed by atoms with Gasteiger partial charge in [-0.1, -0.05) is 0 Å². The summed E-state index contributed by atoms with van der Waals surface area (Å²) in [6, 6.07) is 3.78. The van der Waals surface area contributed by atoms with E-state index in [4.69, 9.17) is 18.9 Å². The maximum absolute atomic E-state index is 9.30. The summed E-state index contributed by atoms with van der Waals surface area (Å²) in [6.45, 7) is 4.52. The Balaban J connectivity index is 2.00. The number of ether oxygens (including phenoxy) is 4. The van der Waals surface area contributed by atoms with Gasteiger partial charge in [0.15, 0.2) is 11.5 Å². The van der Waals surface area contributed by atoms with Gasteiger partial charge in [-0.3, -0.25) is 0 Å². The van der Waals surface area contributed by atoms with Crippen LogP contribution in [0, 0.1) is 0 Å². The molecule has 0 amide bonds. The molecule has 6 heteroatoms. The number of rotatable bonds is 9. The number of aliphatic hydroxyl groups is 1. The molecule has 21 heavy (non-hydrogen) atoms. The van der Waals surface area contributed by atoms with Crippen LogP contribution in [-0.2, 0) is 11.3 Å². The van der Waals surface area contributed by atoms with Crippen molar-refractivity contribution in [1.29, 1.82) is 0 Å². The second kappa shape index (κ2) is 8.07. The molecule has 1 heterocycles. The molecule has 0 radical (unpaired) electrons. The molecular weight excluding hydrogens is 274 g/mol. The fourth-order valence-corrected chi connectivity index (χ4v) is 1.97. The Kier molecular flexibility index (Phi) is 6.10. The summed E-state index contributed by atoms with van der Waals surface area (Å²) in [5.41, 5.74) is 1.00. The van der Waals surface area contributed by atoms with Crippen molar-refractivity contribution in [2.24, 2.45) is 0 Å². The van der Waals surface area contributed by atoms with Crippen molar-refractivity contribution in [2.75, 3.05) is 33.7 Å². The molecule has 6 nitrogen and oxygen atoms in total. The molecule has 0 fully saturated rings. The van der Waals surface area contributed by atoms with Crippen molar-refractivity contribution in [1.82, 2.24) is 5.32 Å². The molecule has 0 bridgehead atoms. The van der Waals surface area contributed by atoms with Gasteiger partial charge in [0.05, 0.1) is 19.3 Å². The summed E-state index contributed by atoms with van der Waals surface area (Å²) >= 11 is 0. The molecule has 1 atom stereocenters. The van der Waals surface area contributed by atoms with Crippen LogP contribution in [-0.4, -0.2) is 44.9 Å². The molecule has 1 aliphatic rings. The number of benzene rings is 1. The minimum atomic E-state index is -0.373. The van der Waals surface area contributed by atoms with Crippen molar-refractivity contribution in [2.45, 2.75) is 26.0 Å². The Morgan fingerprint density at radius 1 is 1.29 bits per heavy atom. The molecule has 0 aromatic heterocycles. The van der Waals surface area contributed by atoms with Gasteiger partial charge in [0.1, 0.15) is 5.75 Å². The largest absolute Gasteiger partial charge is 0.493 e. The predicted octanol–water partition coefficient (Wildman–Crippen LogP) is 1.30. The first-order valence-corrected chi connectivity index (χ1v) is 7.13. The second-order valence-corrected chi connectivity index (χ2v) is 4.97. The topological polar surface area (TPSA) is 69.2 Å². The summed E-state index contributed by atoms with van der Waals surface area (Å²) in [5, 5.41) is 12.6. The van der Waals surface area contributed by atoms with Crippen molar-refractivity contribution in [3.05, 3.63) is 17.7 Å². The van der Waals surface area contributed by atoms with Gasteiger partial charge >= 0.3 is 0 Å². The monoisotopic (exact) mass is 297 g/mol. The Hall–Kier alpha value is -1.50. The Morgan fingerprint density at radius 3 is 2.76 bits per heavy atom. The zero-order chi connectivity index (χ0) is 15.1. The average Bonchev–Trinajstić information content (AvgIpc) is 2.90. The number of fused-ring (bicyclic) bond motifs is 1. The zero-order valence-electron chi connectivity index (χ0n) is 12.6. The van der Waals surface area contributed by atoms with E-state index < -0.39 is 0 Å². The van der Waals surface area contributed by atoms with Crippen LogP contribution in [0.3, 0.4) is 0 Å². The van der Waals surface area contributed by atoms with Crippen LogP contribution < -0.4 is 19.5 Å². The lowest BCUT2D eigenvalue weighted by atomic mass is 10.1. The zero-order valence-corrected chi connectivity index (χ0v) is 12.6. The highest BCUT2D eigenvalue weighted by molar-refractivity contribution is 5.51. The van der Waals surface area contributed by atoms with Crippen LogP contribution in [0.15, 0.2) is 12.1 Å². The highest BCUT2D eigenvalue weighted by Crippen LogP contribution is 2.38. The van der Waals surface area contributed by atoms with E-state index in [1.165, 1.54) is 0 Å². The fraction of sp³-hybridized carbons (Fsp3) is 0.600. The molecule has 2 N–H and O–H groups in total. The minimum absolute atomic E-state index is 0.239. The molecule has 1 aromatic rings. The lowest BCUT2D eigenvalue weighted by molar-refractivity contribution is 0.155. The lowest BCUT2D eigenvalue weighted by Gasteiger charge is -2.14. The van der Waals surface area contributed by atoms with Gasteiger partial charge in [-0.15, -0.1) is 0 Å². The third-order valence-corrected chi connectivity index (χ3v) is 3.15. The van der Waals surface area contributed by atoms with Crippen LogP contribution in [0.1, 0.15) is 18.9 Å². The van der Waals surface area contributed by atoms with E-state index in [1.54, 1.807) is 14.0 Å². The molecule has 118 valence electrons. The maximum atomic E-state index is 9.30. The van der Waals surface area contributed by atoms with Crippen molar-refractivity contribution >= 4 is 0 Å². The molecular formula is C15H23NO5. The van der Waals surface area contributed by atoms with E-state index in [0.717, 1.165) is 23.6 Å². The number of hydrogen-bond donors (Lipinski definition) is 2. The van der Waals surface area contributed by atoms with Gasteiger partial charge < -0.3 is 29.4 Å².